The van der Waals surface area contributed by atoms with Crippen LogP contribution in [0.4, 0.5) is 0 Å². The van der Waals surface area contributed by atoms with Crippen molar-refractivity contribution in [3.05, 3.63) is 0 Å². The fourth-order valence-electron chi connectivity index (χ4n) is 0.798. The molecule has 0 aromatic carbocycles. The molecule has 1 rings (SSSR count). The van der Waals surface area contributed by atoms with Crippen molar-refractivity contribution in [2.45, 2.75) is 0 Å². The Morgan fingerprint density at radius 1 is 1.44 bits per heavy atom. The Morgan fingerprint density at radius 3 is 2.33 bits per heavy atom. The molecule has 1 heterocycles. The summed E-state index contributed by atoms with van der Waals surface area (Å²) in [6.07, 6.45) is 0. The van der Waals surface area contributed by atoms with Crippen LogP contribution in [0.1, 0.15) is 0 Å². The average molecular weight is 161 g/mol. The Balaban J connectivity index is 2.31. The zero-order valence-electron chi connectivity index (χ0n) is 5.08. The maximum Gasteiger partial charge on any atom is 0.133 e. The van der Waals surface area contributed by atoms with Gasteiger partial charge in [-0.1, -0.05) is 12.2 Å². The molecule has 51 valence electrons. The Morgan fingerprint density at radius 2 is 2.00 bits per heavy atom. The minimum absolute atomic E-state index is 0.699. The first-order valence-corrected chi connectivity index (χ1v) is 3.77. The predicted molar refractivity (Wildman–Crippen MR) is 45.0 cm³/mol. The van der Waals surface area contributed by atoms with Crippen LogP contribution in [0.3, 0.4) is 0 Å². The number of rotatable bonds is 0. The summed E-state index contributed by atoms with van der Waals surface area (Å²) < 4.78 is 0.699. The first-order valence-electron chi connectivity index (χ1n) is 2.92. The smallest absolute Gasteiger partial charge is 0.133 e. The van der Waals surface area contributed by atoms with Crippen LogP contribution in [-0.2, 0) is 0 Å². The van der Waals surface area contributed by atoms with Crippen LogP contribution in [0, 0.1) is 0 Å². The van der Waals surface area contributed by atoms with E-state index >= 15 is 0 Å². The summed E-state index contributed by atoms with van der Waals surface area (Å²) in [5.41, 5.74) is 0. The van der Waals surface area contributed by atoms with E-state index in [0.717, 1.165) is 26.2 Å². The van der Waals surface area contributed by atoms with Gasteiger partial charge in [0.1, 0.15) is 4.32 Å². The SMILES string of the molecule is S=C(S)N1CC[N]CC1. The van der Waals surface area contributed by atoms with E-state index in [0.29, 0.717) is 4.32 Å². The minimum atomic E-state index is 0.699. The van der Waals surface area contributed by atoms with Gasteiger partial charge in [-0.3, -0.25) is 0 Å². The van der Waals surface area contributed by atoms with Gasteiger partial charge in [0, 0.05) is 26.2 Å². The van der Waals surface area contributed by atoms with Crippen LogP contribution in [0.25, 0.3) is 0 Å². The molecule has 1 saturated heterocycles. The van der Waals surface area contributed by atoms with Crippen LogP contribution < -0.4 is 5.32 Å². The molecule has 0 aliphatic carbocycles. The van der Waals surface area contributed by atoms with Crippen molar-refractivity contribution in [2.75, 3.05) is 26.2 Å². The third-order valence-electron chi connectivity index (χ3n) is 1.33. The molecule has 0 unspecified atom stereocenters. The predicted octanol–water partition coefficient (Wildman–Crippen LogP) is 0.121. The highest BCUT2D eigenvalue weighted by molar-refractivity contribution is 8.10. The molecule has 9 heavy (non-hydrogen) atoms. The minimum Gasteiger partial charge on any atom is -0.355 e. The second-order valence-corrected chi connectivity index (χ2v) is 3.05. The van der Waals surface area contributed by atoms with Gasteiger partial charge in [-0.05, 0) is 0 Å². The molecule has 0 bridgehead atoms. The van der Waals surface area contributed by atoms with Crippen molar-refractivity contribution in [3.8, 4) is 0 Å². The summed E-state index contributed by atoms with van der Waals surface area (Å²) in [6.45, 7) is 3.70. The Bertz CT molecular complexity index is 110. The lowest BCUT2D eigenvalue weighted by molar-refractivity contribution is 0.363. The molecule has 1 fully saturated rings. The van der Waals surface area contributed by atoms with Gasteiger partial charge in [0.25, 0.3) is 0 Å². The highest BCUT2D eigenvalue weighted by Crippen LogP contribution is 1.98. The van der Waals surface area contributed by atoms with E-state index in [1.54, 1.807) is 0 Å². The average Bonchev–Trinajstić information content (AvgIpc) is 1.90. The lowest BCUT2D eigenvalue weighted by Gasteiger charge is -2.26. The molecule has 0 saturated carbocycles. The van der Waals surface area contributed by atoms with Gasteiger partial charge in [-0.15, -0.1) is 12.6 Å². The Hall–Kier alpha value is 0.200. The van der Waals surface area contributed by atoms with E-state index in [4.69, 9.17) is 12.2 Å². The third kappa shape index (κ3) is 2.12. The summed E-state index contributed by atoms with van der Waals surface area (Å²) in [7, 11) is 0. The lowest BCUT2D eigenvalue weighted by atomic mass is 10.4. The molecule has 1 radical (unpaired) electrons. The van der Waals surface area contributed by atoms with E-state index in [2.05, 4.69) is 22.8 Å². The van der Waals surface area contributed by atoms with Crippen LogP contribution in [-0.4, -0.2) is 35.4 Å². The number of thiol groups is 1. The standard InChI is InChI=1S/C5H9N2S2/c8-5(9)7-3-1-6-2-4-7/h1-4H2,(H,8,9). The van der Waals surface area contributed by atoms with Crippen molar-refractivity contribution in [1.29, 1.82) is 0 Å². The summed E-state index contributed by atoms with van der Waals surface area (Å²) in [5.74, 6) is 0. The summed E-state index contributed by atoms with van der Waals surface area (Å²) in [4.78, 5) is 2.06. The monoisotopic (exact) mass is 161 g/mol. The largest absolute Gasteiger partial charge is 0.355 e. The van der Waals surface area contributed by atoms with Crippen LogP contribution in [0.15, 0.2) is 0 Å². The fraction of sp³-hybridized carbons (Fsp3) is 0.800. The molecule has 0 spiro atoms. The first-order chi connectivity index (χ1) is 4.30. The fourth-order valence-corrected chi connectivity index (χ4v) is 1.18. The molecule has 4 heteroatoms. The van der Waals surface area contributed by atoms with Gasteiger partial charge in [-0.2, -0.15) is 0 Å². The Kier molecular flexibility index (Phi) is 2.75. The summed E-state index contributed by atoms with van der Waals surface area (Å²) in [6, 6.07) is 0. The van der Waals surface area contributed by atoms with E-state index in [1.807, 2.05) is 0 Å². The van der Waals surface area contributed by atoms with Gasteiger partial charge in [0.2, 0.25) is 0 Å². The summed E-state index contributed by atoms with van der Waals surface area (Å²) in [5, 5.41) is 4.17. The van der Waals surface area contributed by atoms with Gasteiger partial charge in [-0.25, -0.2) is 5.32 Å². The van der Waals surface area contributed by atoms with Crippen molar-refractivity contribution in [1.82, 2.24) is 10.2 Å². The van der Waals surface area contributed by atoms with E-state index in [1.165, 1.54) is 0 Å². The van der Waals surface area contributed by atoms with Crippen molar-refractivity contribution in [3.63, 3.8) is 0 Å². The Labute approximate surface area is 66.0 Å². The molecule has 0 amide bonds. The number of nitrogens with zero attached hydrogens (tertiary/aromatic N) is 2. The number of hydrogen-bond acceptors (Lipinski definition) is 1. The van der Waals surface area contributed by atoms with E-state index < -0.39 is 0 Å². The molecule has 1 aliphatic rings. The highest BCUT2D eigenvalue weighted by atomic mass is 32.1. The number of hydrogen-bond donors (Lipinski definition) is 1. The molecule has 0 aromatic rings. The van der Waals surface area contributed by atoms with Gasteiger partial charge in [0.05, 0.1) is 0 Å². The normalized spacial score (nSPS) is 19.9. The number of thiocarbonyl (C=S) groups is 1. The first kappa shape index (κ1) is 7.31. The van der Waals surface area contributed by atoms with E-state index in [-0.39, 0.29) is 0 Å². The molecule has 1 aliphatic heterocycles. The van der Waals surface area contributed by atoms with Gasteiger partial charge >= 0.3 is 0 Å². The second kappa shape index (κ2) is 3.39. The highest BCUT2D eigenvalue weighted by Gasteiger charge is 2.09. The molecule has 0 aromatic heterocycles. The lowest BCUT2D eigenvalue weighted by Crippen LogP contribution is -2.41. The zero-order valence-corrected chi connectivity index (χ0v) is 6.79. The van der Waals surface area contributed by atoms with Crippen molar-refractivity contribution >= 4 is 29.2 Å². The molecule has 0 atom stereocenters. The number of piperazine rings is 1. The van der Waals surface area contributed by atoms with Crippen molar-refractivity contribution < 1.29 is 0 Å². The topological polar surface area (TPSA) is 17.3 Å². The van der Waals surface area contributed by atoms with E-state index in [9.17, 15) is 0 Å². The van der Waals surface area contributed by atoms with Crippen LogP contribution in [0.2, 0.25) is 0 Å². The van der Waals surface area contributed by atoms with Crippen LogP contribution in [0.5, 0.6) is 0 Å². The second-order valence-electron chi connectivity index (χ2n) is 1.94. The quantitative estimate of drug-likeness (QED) is 0.401. The van der Waals surface area contributed by atoms with Crippen LogP contribution >= 0.6 is 24.8 Å². The zero-order chi connectivity index (χ0) is 6.69. The van der Waals surface area contributed by atoms with Gasteiger partial charge in [0.15, 0.2) is 0 Å². The van der Waals surface area contributed by atoms with Gasteiger partial charge < -0.3 is 4.90 Å². The third-order valence-corrected chi connectivity index (χ3v) is 1.87. The molecular formula is C5H9N2S2. The maximum atomic E-state index is 4.86. The molecular weight excluding hydrogens is 152 g/mol. The maximum absolute atomic E-state index is 4.86. The van der Waals surface area contributed by atoms with Crippen molar-refractivity contribution in [2.24, 2.45) is 0 Å². The molecule has 2 nitrogen and oxygen atoms in total. The molecule has 0 N–H and O–H groups in total. The summed E-state index contributed by atoms with van der Waals surface area (Å²) >= 11 is 8.92.